The second-order valence-corrected chi connectivity index (χ2v) is 4.67. The van der Waals surface area contributed by atoms with Crippen LogP contribution in [0.2, 0.25) is 0 Å². The lowest BCUT2D eigenvalue weighted by Gasteiger charge is -2.11. The average Bonchev–Trinajstić information content (AvgIpc) is 2.82. The number of hydrogen-bond acceptors (Lipinski definition) is 5. The van der Waals surface area contributed by atoms with E-state index in [2.05, 4.69) is 17.0 Å². The number of carbonyl (C=O) groups is 2. The van der Waals surface area contributed by atoms with E-state index < -0.39 is 17.9 Å². The summed E-state index contributed by atoms with van der Waals surface area (Å²) in [7, 11) is 0. The number of nitrogens with one attached hydrogen (secondary N) is 1. The summed E-state index contributed by atoms with van der Waals surface area (Å²) in [5, 5.41) is 4.62. The summed E-state index contributed by atoms with van der Waals surface area (Å²) in [6, 6.07) is 0.771. The first-order chi connectivity index (χ1) is 8.60. The number of aryl methyl sites for hydroxylation is 1. The van der Waals surface area contributed by atoms with E-state index in [1.807, 2.05) is 11.4 Å². The Morgan fingerprint density at radius 3 is 2.83 bits per heavy atom. The van der Waals surface area contributed by atoms with Gasteiger partial charge in [-0.05, 0) is 30.4 Å². The molecule has 1 heterocycles. The first-order valence-corrected chi connectivity index (χ1v) is 6.73. The van der Waals surface area contributed by atoms with Gasteiger partial charge in [-0.2, -0.15) is 0 Å². The van der Waals surface area contributed by atoms with Crippen LogP contribution in [-0.2, 0) is 27.3 Å². The Kier molecular flexibility index (Phi) is 5.80. The molecular formula is C12H18N2O3S. The van der Waals surface area contributed by atoms with E-state index in [1.54, 1.807) is 18.3 Å². The lowest BCUT2D eigenvalue weighted by atomic mass is 10.2. The van der Waals surface area contributed by atoms with Gasteiger partial charge in [-0.15, -0.1) is 11.3 Å². The van der Waals surface area contributed by atoms with Crippen LogP contribution >= 0.6 is 11.3 Å². The molecule has 0 aromatic carbocycles. The molecule has 1 amide bonds. The van der Waals surface area contributed by atoms with Crippen molar-refractivity contribution in [2.24, 2.45) is 5.73 Å². The number of carbonyl (C=O) groups excluding carboxylic acids is 2. The quantitative estimate of drug-likeness (QED) is 0.592. The molecule has 1 rings (SSSR count). The molecule has 1 aromatic rings. The molecule has 0 radical (unpaired) electrons. The Labute approximate surface area is 110 Å². The summed E-state index contributed by atoms with van der Waals surface area (Å²) in [5.74, 6) is -1.21. The van der Waals surface area contributed by atoms with Crippen LogP contribution in [0.1, 0.15) is 24.3 Å². The third-order valence-corrected chi connectivity index (χ3v) is 3.43. The summed E-state index contributed by atoms with van der Waals surface area (Å²) in [5.41, 5.74) is 6.67. The van der Waals surface area contributed by atoms with Crippen LogP contribution in [-0.4, -0.2) is 24.5 Å². The zero-order chi connectivity index (χ0) is 13.5. The van der Waals surface area contributed by atoms with Crippen molar-refractivity contribution in [3.05, 3.63) is 21.9 Å². The SMILES string of the molecule is CCOC(=O)C(N)C(=O)NCc1sccc1CC. The maximum Gasteiger partial charge on any atom is 0.332 e. The number of ether oxygens (including phenoxy) is 1. The summed E-state index contributed by atoms with van der Waals surface area (Å²) in [4.78, 5) is 24.0. The van der Waals surface area contributed by atoms with E-state index in [-0.39, 0.29) is 6.61 Å². The van der Waals surface area contributed by atoms with Crippen LogP contribution in [0.25, 0.3) is 0 Å². The lowest BCUT2D eigenvalue weighted by Crippen LogP contribution is -2.46. The minimum absolute atomic E-state index is 0.213. The van der Waals surface area contributed by atoms with E-state index in [4.69, 9.17) is 5.73 Å². The molecule has 1 aromatic heterocycles. The Morgan fingerprint density at radius 2 is 2.22 bits per heavy atom. The molecule has 1 atom stereocenters. The van der Waals surface area contributed by atoms with E-state index >= 15 is 0 Å². The van der Waals surface area contributed by atoms with E-state index in [9.17, 15) is 9.59 Å². The van der Waals surface area contributed by atoms with Gasteiger partial charge < -0.3 is 15.8 Å². The van der Waals surface area contributed by atoms with Crippen molar-refractivity contribution < 1.29 is 14.3 Å². The predicted molar refractivity (Wildman–Crippen MR) is 70.2 cm³/mol. The molecule has 0 saturated heterocycles. The van der Waals surface area contributed by atoms with Gasteiger partial charge in [0.25, 0.3) is 0 Å². The Morgan fingerprint density at radius 1 is 1.50 bits per heavy atom. The highest BCUT2D eigenvalue weighted by atomic mass is 32.1. The van der Waals surface area contributed by atoms with Crippen LogP contribution in [0.5, 0.6) is 0 Å². The molecule has 0 spiro atoms. The molecule has 3 N–H and O–H groups in total. The first kappa shape index (κ1) is 14.7. The standard InChI is InChI=1S/C12H18N2O3S/c1-3-8-5-6-18-9(8)7-14-11(15)10(13)12(16)17-4-2/h5-6,10H,3-4,7,13H2,1-2H3,(H,14,15). The molecule has 0 saturated carbocycles. The average molecular weight is 270 g/mol. The summed E-state index contributed by atoms with van der Waals surface area (Å²) < 4.78 is 4.68. The Hall–Kier alpha value is -1.40. The van der Waals surface area contributed by atoms with Crippen molar-refractivity contribution in [2.75, 3.05) is 6.61 Å². The normalized spacial score (nSPS) is 11.9. The van der Waals surface area contributed by atoms with E-state index in [1.165, 1.54) is 5.56 Å². The van der Waals surface area contributed by atoms with Crippen molar-refractivity contribution in [1.82, 2.24) is 5.32 Å². The number of nitrogens with two attached hydrogens (primary N) is 1. The predicted octanol–water partition coefficient (Wildman–Crippen LogP) is 0.817. The number of esters is 1. The highest BCUT2D eigenvalue weighted by Crippen LogP contribution is 2.16. The van der Waals surface area contributed by atoms with E-state index in [0.717, 1.165) is 11.3 Å². The molecule has 1 unspecified atom stereocenters. The van der Waals surface area contributed by atoms with Crippen LogP contribution in [0.3, 0.4) is 0 Å². The first-order valence-electron chi connectivity index (χ1n) is 5.85. The zero-order valence-corrected chi connectivity index (χ0v) is 11.4. The zero-order valence-electron chi connectivity index (χ0n) is 10.6. The monoisotopic (exact) mass is 270 g/mol. The maximum atomic E-state index is 11.6. The Balaban J connectivity index is 2.48. The molecule has 18 heavy (non-hydrogen) atoms. The molecule has 100 valence electrons. The van der Waals surface area contributed by atoms with Gasteiger partial charge in [0.1, 0.15) is 0 Å². The van der Waals surface area contributed by atoms with Crippen molar-refractivity contribution in [3.8, 4) is 0 Å². The van der Waals surface area contributed by atoms with Crippen LogP contribution in [0.15, 0.2) is 11.4 Å². The van der Waals surface area contributed by atoms with Gasteiger partial charge in [0.15, 0.2) is 6.04 Å². The number of rotatable bonds is 6. The molecule has 5 nitrogen and oxygen atoms in total. The minimum atomic E-state index is -1.25. The fraction of sp³-hybridized carbons (Fsp3) is 0.500. The van der Waals surface area contributed by atoms with Crippen molar-refractivity contribution in [2.45, 2.75) is 32.9 Å². The van der Waals surface area contributed by atoms with Gasteiger partial charge in [0, 0.05) is 4.88 Å². The molecule has 0 aliphatic carbocycles. The number of thiophene rings is 1. The topological polar surface area (TPSA) is 81.4 Å². The van der Waals surface area contributed by atoms with Crippen molar-refractivity contribution >= 4 is 23.2 Å². The fourth-order valence-corrected chi connectivity index (χ4v) is 2.37. The lowest BCUT2D eigenvalue weighted by molar-refractivity contribution is -0.148. The van der Waals surface area contributed by atoms with Crippen LogP contribution in [0, 0.1) is 0 Å². The fourth-order valence-electron chi connectivity index (χ4n) is 1.45. The van der Waals surface area contributed by atoms with Gasteiger partial charge in [-0.3, -0.25) is 4.79 Å². The van der Waals surface area contributed by atoms with Gasteiger partial charge in [0.05, 0.1) is 13.2 Å². The molecule has 0 bridgehead atoms. The summed E-state index contributed by atoms with van der Waals surface area (Å²) >= 11 is 1.57. The van der Waals surface area contributed by atoms with Crippen molar-refractivity contribution in [3.63, 3.8) is 0 Å². The van der Waals surface area contributed by atoms with Crippen molar-refractivity contribution in [1.29, 1.82) is 0 Å². The number of hydrogen-bond donors (Lipinski definition) is 2. The third-order valence-electron chi connectivity index (χ3n) is 2.46. The molecule has 0 fully saturated rings. The highest BCUT2D eigenvalue weighted by molar-refractivity contribution is 7.10. The van der Waals surface area contributed by atoms with Gasteiger partial charge in [-0.25, -0.2) is 4.79 Å². The second-order valence-electron chi connectivity index (χ2n) is 3.67. The summed E-state index contributed by atoms with van der Waals surface area (Å²) in [6.07, 6.45) is 0.915. The van der Waals surface area contributed by atoms with Crippen LogP contribution in [0.4, 0.5) is 0 Å². The number of amides is 1. The third kappa shape index (κ3) is 3.82. The highest BCUT2D eigenvalue weighted by Gasteiger charge is 2.23. The largest absolute Gasteiger partial charge is 0.464 e. The molecule has 6 heteroatoms. The van der Waals surface area contributed by atoms with Gasteiger partial charge in [0.2, 0.25) is 5.91 Å². The second kappa shape index (κ2) is 7.13. The molecular weight excluding hydrogens is 252 g/mol. The van der Waals surface area contributed by atoms with Gasteiger partial charge in [-0.1, -0.05) is 6.92 Å². The molecule has 0 aliphatic rings. The maximum absolute atomic E-state index is 11.6. The smallest absolute Gasteiger partial charge is 0.332 e. The van der Waals surface area contributed by atoms with Crippen LogP contribution < -0.4 is 11.1 Å². The van der Waals surface area contributed by atoms with E-state index in [0.29, 0.717) is 6.54 Å². The minimum Gasteiger partial charge on any atom is -0.464 e. The Bertz CT molecular complexity index is 417. The molecule has 0 aliphatic heterocycles. The van der Waals surface area contributed by atoms with Gasteiger partial charge >= 0.3 is 5.97 Å². The summed E-state index contributed by atoms with van der Waals surface area (Å²) in [6.45, 7) is 4.33.